The van der Waals surface area contributed by atoms with E-state index >= 15 is 0 Å². The lowest BCUT2D eigenvalue weighted by atomic mass is 9.99. The SMILES string of the molecule is CCOC(=O)c1cn(C2CC2)c2c(CCC[C@@H]3C[C@@H](O)CN3)c(F)c(F)cc2c1=O. The van der Waals surface area contributed by atoms with Crippen molar-refractivity contribution in [3.05, 3.63) is 45.2 Å². The summed E-state index contributed by atoms with van der Waals surface area (Å²) in [6.07, 6.45) is 4.97. The highest BCUT2D eigenvalue weighted by Gasteiger charge is 2.30. The van der Waals surface area contributed by atoms with Crippen LogP contribution < -0.4 is 10.7 Å². The van der Waals surface area contributed by atoms with E-state index in [0.29, 0.717) is 31.3 Å². The summed E-state index contributed by atoms with van der Waals surface area (Å²) >= 11 is 0. The van der Waals surface area contributed by atoms with Crippen molar-refractivity contribution in [3.63, 3.8) is 0 Å². The number of nitrogens with one attached hydrogen (secondary N) is 1. The molecule has 1 aliphatic heterocycles. The molecule has 30 heavy (non-hydrogen) atoms. The molecule has 8 heteroatoms. The van der Waals surface area contributed by atoms with Gasteiger partial charge in [0.15, 0.2) is 11.6 Å². The van der Waals surface area contributed by atoms with E-state index in [1.54, 1.807) is 11.5 Å². The predicted octanol–water partition coefficient (Wildman–Crippen LogP) is 2.84. The number of halogens is 2. The van der Waals surface area contributed by atoms with Gasteiger partial charge in [0.2, 0.25) is 5.43 Å². The third kappa shape index (κ3) is 3.98. The second kappa shape index (κ2) is 8.43. The van der Waals surface area contributed by atoms with Gasteiger partial charge < -0.3 is 19.7 Å². The van der Waals surface area contributed by atoms with Gasteiger partial charge in [0.25, 0.3) is 0 Å². The highest BCUT2D eigenvalue weighted by atomic mass is 19.2. The molecule has 0 spiro atoms. The number of aromatic nitrogens is 1. The second-order valence-corrected chi connectivity index (χ2v) is 8.16. The average molecular weight is 420 g/mol. The van der Waals surface area contributed by atoms with Gasteiger partial charge in [-0.15, -0.1) is 0 Å². The third-order valence-electron chi connectivity index (χ3n) is 5.92. The zero-order chi connectivity index (χ0) is 21.4. The maximum atomic E-state index is 14.8. The van der Waals surface area contributed by atoms with Crippen molar-refractivity contribution in [1.82, 2.24) is 9.88 Å². The largest absolute Gasteiger partial charge is 0.462 e. The van der Waals surface area contributed by atoms with Crippen LogP contribution in [0.1, 0.15) is 61.0 Å². The number of aryl methyl sites for hydroxylation is 1. The number of rotatable bonds is 7. The molecule has 0 radical (unpaired) electrons. The molecule has 1 saturated heterocycles. The van der Waals surface area contributed by atoms with Crippen LogP contribution in [0.5, 0.6) is 0 Å². The third-order valence-corrected chi connectivity index (χ3v) is 5.92. The number of carbonyl (C=O) groups is 1. The van der Waals surface area contributed by atoms with E-state index in [1.165, 1.54) is 6.20 Å². The van der Waals surface area contributed by atoms with Gasteiger partial charge in [-0.1, -0.05) is 0 Å². The molecule has 2 atom stereocenters. The van der Waals surface area contributed by atoms with Gasteiger partial charge in [-0.25, -0.2) is 13.6 Å². The first kappa shape index (κ1) is 20.9. The summed E-state index contributed by atoms with van der Waals surface area (Å²) in [6.45, 7) is 2.30. The molecule has 1 saturated carbocycles. The Hall–Kier alpha value is -2.32. The summed E-state index contributed by atoms with van der Waals surface area (Å²) in [5.74, 6) is -2.79. The Labute approximate surface area is 172 Å². The minimum absolute atomic E-state index is 0.00997. The zero-order valence-corrected chi connectivity index (χ0v) is 16.9. The van der Waals surface area contributed by atoms with Crippen LogP contribution in [0.3, 0.4) is 0 Å². The fourth-order valence-corrected chi connectivity index (χ4v) is 4.31. The second-order valence-electron chi connectivity index (χ2n) is 8.16. The van der Waals surface area contributed by atoms with Crippen LogP contribution in [0.25, 0.3) is 10.9 Å². The van der Waals surface area contributed by atoms with Gasteiger partial charge in [-0.2, -0.15) is 0 Å². The number of nitrogens with zero attached hydrogens (tertiary/aromatic N) is 1. The standard InChI is InChI=1S/C22H26F2N2O4/c1-2-30-22(29)17-11-26(13-6-7-13)20-15(5-3-4-12-8-14(27)10-25-12)19(24)18(23)9-16(20)21(17)28/h9,11-14,25,27H,2-8,10H2,1H3/t12-,14-/m1/s1. The quantitative estimate of drug-likeness (QED) is 0.674. The van der Waals surface area contributed by atoms with Crippen LogP contribution in [0.2, 0.25) is 0 Å². The first-order valence-electron chi connectivity index (χ1n) is 10.5. The van der Waals surface area contributed by atoms with Crippen molar-refractivity contribution < 1.29 is 23.4 Å². The summed E-state index contributed by atoms with van der Waals surface area (Å²) in [5.41, 5.74) is -0.254. The molecule has 4 rings (SSSR count). The monoisotopic (exact) mass is 420 g/mol. The molecule has 1 aliphatic carbocycles. The molecule has 0 bridgehead atoms. The van der Waals surface area contributed by atoms with E-state index < -0.39 is 23.0 Å². The number of ether oxygens (including phenoxy) is 1. The predicted molar refractivity (Wildman–Crippen MR) is 108 cm³/mol. The summed E-state index contributed by atoms with van der Waals surface area (Å²) in [4.78, 5) is 25.2. The van der Waals surface area contributed by atoms with Crippen LogP contribution in [0, 0.1) is 11.6 Å². The normalized spacial score (nSPS) is 21.3. The van der Waals surface area contributed by atoms with Crippen LogP contribution in [0.15, 0.2) is 17.1 Å². The number of β-amino-alcohol motifs (C(OH)–C–C–N with tert-alkyl or cyclic N) is 1. The molecule has 6 nitrogen and oxygen atoms in total. The Kier molecular flexibility index (Phi) is 5.88. The fraction of sp³-hybridized carbons (Fsp3) is 0.545. The van der Waals surface area contributed by atoms with Gasteiger partial charge >= 0.3 is 5.97 Å². The van der Waals surface area contributed by atoms with E-state index in [2.05, 4.69) is 5.32 Å². The summed E-state index contributed by atoms with van der Waals surface area (Å²) in [5, 5.41) is 12.9. The van der Waals surface area contributed by atoms with E-state index in [9.17, 15) is 23.5 Å². The molecule has 2 heterocycles. The van der Waals surface area contributed by atoms with E-state index in [-0.39, 0.29) is 47.7 Å². The van der Waals surface area contributed by atoms with Crippen molar-refractivity contribution in [3.8, 4) is 0 Å². The number of fused-ring (bicyclic) bond motifs is 1. The van der Waals surface area contributed by atoms with Crippen molar-refractivity contribution in [2.45, 2.75) is 63.6 Å². The molecule has 162 valence electrons. The molecule has 1 aromatic heterocycles. The number of aliphatic hydroxyl groups excluding tert-OH is 1. The average Bonchev–Trinajstić information content (AvgIpc) is 3.47. The number of carbonyl (C=O) groups excluding carboxylic acids is 1. The Morgan fingerprint density at radius 3 is 2.77 bits per heavy atom. The van der Waals surface area contributed by atoms with Crippen LogP contribution in [-0.2, 0) is 11.2 Å². The van der Waals surface area contributed by atoms with Gasteiger partial charge in [0.05, 0.1) is 18.2 Å². The van der Waals surface area contributed by atoms with Crippen molar-refractivity contribution in [2.75, 3.05) is 13.2 Å². The van der Waals surface area contributed by atoms with Gasteiger partial charge in [-0.05, 0) is 51.5 Å². The van der Waals surface area contributed by atoms with E-state index in [0.717, 1.165) is 18.9 Å². The minimum atomic E-state index is -1.09. The fourth-order valence-electron chi connectivity index (χ4n) is 4.31. The molecule has 1 aromatic carbocycles. The topological polar surface area (TPSA) is 80.6 Å². The molecule has 2 fully saturated rings. The molecule has 2 N–H and O–H groups in total. The minimum Gasteiger partial charge on any atom is -0.462 e. The Morgan fingerprint density at radius 2 is 2.13 bits per heavy atom. The van der Waals surface area contributed by atoms with Gasteiger partial charge in [0.1, 0.15) is 5.56 Å². The van der Waals surface area contributed by atoms with Gasteiger partial charge in [0, 0.05) is 35.8 Å². The smallest absolute Gasteiger partial charge is 0.343 e. The molecule has 0 unspecified atom stereocenters. The Morgan fingerprint density at radius 1 is 1.37 bits per heavy atom. The van der Waals surface area contributed by atoms with Crippen LogP contribution in [0.4, 0.5) is 8.78 Å². The van der Waals surface area contributed by atoms with Crippen molar-refractivity contribution in [2.24, 2.45) is 0 Å². The number of benzene rings is 1. The van der Waals surface area contributed by atoms with Crippen molar-refractivity contribution >= 4 is 16.9 Å². The highest BCUT2D eigenvalue weighted by Crippen LogP contribution is 2.38. The summed E-state index contributed by atoms with van der Waals surface area (Å²) in [6, 6.07) is 1.09. The van der Waals surface area contributed by atoms with Crippen LogP contribution in [-0.4, -0.2) is 40.9 Å². The number of aliphatic hydroxyl groups is 1. The number of esters is 1. The first-order chi connectivity index (χ1) is 14.4. The maximum absolute atomic E-state index is 14.8. The van der Waals surface area contributed by atoms with Crippen molar-refractivity contribution in [1.29, 1.82) is 0 Å². The number of hydrogen-bond acceptors (Lipinski definition) is 5. The maximum Gasteiger partial charge on any atom is 0.343 e. The zero-order valence-electron chi connectivity index (χ0n) is 16.9. The molecular weight excluding hydrogens is 394 g/mol. The lowest BCUT2D eigenvalue weighted by Crippen LogP contribution is -2.23. The van der Waals surface area contributed by atoms with E-state index in [4.69, 9.17) is 4.74 Å². The number of hydrogen-bond donors (Lipinski definition) is 2. The molecule has 2 aliphatic rings. The van der Waals surface area contributed by atoms with Crippen LogP contribution >= 0.6 is 0 Å². The summed E-state index contributed by atoms with van der Waals surface area (Å²) in [7, 11) is 0. The lowest BCUT2D eigenvalue weighted by molar-refractivity contribution is 0.0524. The molecular formula is C22H26F2N2O4. The Bertz CT molecular complexity index is 1030. The molecule has 0 amide bonds. The first-order valence-corrected chi connectivity index (χ1v) is 10.5. The molecule has 2 aromatic rings. The van der Waals surface area contributed by atoms with E-state index in [1.807, 2.05) is 0 Å². The number of pyridine rings is 1. The lowest BCUT2D eigenvalue weighted by Gasteiger charge is -2.17. The van der Waals surface area contributed by atoms with Gasteiger partial charge in [-0.3, -0.25) is 4.79 Å². The summed E-state index contributed by atoms with van der Waals surface area (Å²) < 4.78 is 36.0. The Balaban J connectivity index is 1.75. The highest BCUT2D eigenvalue weighted by molar-refractivity contribution is 5.94.